The Labute approximate surface area is 126 Å². The number of anilines is 1. The molecule has 0 fully saturated rings. The van der Waals surface area contributed by atoms with E-state index in [1.807, 2.05) is 0 Å². The third-order valence-electron chi connectivity index (χ3n) is 2.71. The van der Waals surface area contributed by atoms with E-state index in [1.165, 1.54) is 0 Å². The Bertz CT molecular complexity index is 491. The lowest BCUT2D eigenvalue weighted by atomic mass is 10.2. The standard InChI is InChI=1S/C14H17ClF3NO2/c1-9(2)21-8-19(11-7-5-4-6-10(11)3)13(20)12(15)14(16,17)18/h4-7,9,12H,8H2,1-3H3. The highest BCUT2D eigenvalue weighted by molar-refractivity contribution is 6.33. The van der Waals surface area contributed by atoms with E-state index in [2.05, 4.69) is 0 Å². The van der Waals surface area contributed by atoms with E-state index in [-0.39, 0.29) is 12.8 Å². The predicted molar refractivity (Wildman–Crippen MR) is 75.4 cm³/mol. The fraction of sp³-hybridized carbons (Fsp3) is 0.500. The maximum atomic E-state index is 12.7. The number of hydrogen-bond donors (Lipinski definition) is 0. The molecule has 1 rings (SSSR count). The lowest BCUT2D eigenvalue weighted by Gasteiger charge is -2.27. The zero-order chi connectivity index (χ0) is 16.2. The Morgan fingerprint density at radius 3 is 2.38 bits per heavy atom. The molecular weight excluding hydrogens is 307 g/mol. The van der Waals surface area contributed by atoms with Crippen molar-refractivity contribution in [1.29, 1.82) is 0 Å². The molecule has 3 nitrogen and oxygen atoms in total. The Kier molecular flexibility index (Phi) is 6.04. The summed E-state index contributed by atoms with van der Waals surface area (Å²) in [5, 5.41) is -2.60. The first-order valence-electron chi connectivity index (χ1n) is 6.34. The van der Waals surface area contributed by atoms with Crippen molar-refractivity contribution in [3.8, 4) is 0 Å². The second-order valence-electron chi connectivity index (χ2n) is 4.80. The number of para-hydroxylation sites is 1. The van der Waals surface area contributed by atoms with E-state index in [0.29, 0.717) is 11.3 Å². The normalized spacial score (nSPS) is 13.3. The van der Waals surface area contributed by atoms with Gasteiger partial charge in [0.05, 0.1) is 6.10 Å². The molecule has 0 spiro atoms. The van der Waals surface area contributed by atoms with Crippen molar-refractivity contribution in [1.82, 2.24) is 0 Å². The predicted octanol–water partition coefficient (Wildman–Crippen LogP) is 3.88. The van der Waals surface area contributed by atoms with Crippen molar-refractivity contribution in [3.05, 3.63) is 29.8 Å². The van der Waals surface area contributed by atoms with Gasteiger partial charge in [0.1, 0.15) is 6.73 Å². The third kappa shape index (κ3) is 4.89. The molecule has 118 valence electrons. The van der Waals surface area contributed by atoms with Crippen LogP contribution in [0.4, 0.5) is 18.9 Å². The van der Waals surface area contributed by atoms with Gasteiger partial charge in [0, 0.05) is 5.69 Å². The van der Waals surface area contributed by atoms with Crippen molar-refractivity contribution in [3.63, 3.8) is 0 Å². The van der Waals surface area contributed by atoms with Crippen LogP contribution in [0.1, 0.15) is 19.4 Å². The molecule has 0 bridgehead atoms. The highest BCUT2D eigenvalue weighted by Crippen LogP contribution is 2.29. The minimum atomic E-state index is -4.81. The van der Waals surface area contributed by atoms with Crippen LogP contribution in [-0.2, 0) is 9.53 Å². The van der Waals surface area contributed by atoms with Crippen LogP contribution in [0.15, 0.2) is 24.3 Å². The van der Waals surface area contributed by atoms with Crippen LogP contribution in [0, 0.1) is 6.92 Å². The van der Waals surface area contributed by atoms with Crippen LogP contribution < -0.4 is 4.90 Å². The maximum absolute atomic E-state index is 12.7. The van der Waals surface area contributed by atoms with Crippen molar-refractivity contribution < 1.29 is 22.7 Å². The molecule has 0 aromatic heterocycles. The van der Waals surface area contributed by atoms with Gasteiger partial charge >= 0.3 is 6.18 Å². The average molecular weight is 324 g/mol. The average Bonchev–Trinajstić information content (AvgIpc) is 2.38. The van der Waals surface area contributed by atoms with Crippen LogP contribution in [0.2, 0.25) is 0 Å². The summed E-state index contributed by atoms with van der Waals surface area (Å²) in [6.45, 7) is 4.85. The Balaban J connectivity index is 3.08. The summed E-state index contributed by atoms with van der Waals surface area (Å²) in [5.41, 5.74) is 1.00. The van der Waals surface area contributed by atoms with Crippen LogP contribution in [-0.4, -0.2) is 30.3 Å². The van der Waals surface area contributed by atoms with Gasteiger partial charge < -0.3 is 4.74 Å². The minimum absolute atomic E-state index is 0.232. The lowest BCUT2D eigenvalue weighted by molar-refractivity contribution is -0.150. The van der Waals surface area contributed by atoms with Gasteiger partial charge in [0.25, 0.3) is 5.91 Å². The monoisotopic (exact) mass is 323 g/mol. The van der Waals surface area contributed by atoms with Gasteiger partial charge in [0.2, 0.25) is 5.38 Å². The molecule has 0 N–H and O–H groups in total. The summed E-state index contributed by atoms with van der Waals surface area (Å²) in [6, 6.07) is 6.61. The van der Waals surface area contributed by atoms with Gasteiger partial charge in [-0.05, 0) is 32.4 Å². The Hall–Kier alpha value is -1.27. The van der Waals surface area contributed by atoms with Crippen LogP contribution in [0.3, 0.4) is 0 Å². The largest absolute Gasteiger partial charge is 0.413 e. The van der Waals surface area contributed by atoms with Crippen LogP contribution in [0.25, 0.3) is 0 Å². The highest BCUT2D eigenvalue weighted by Gasteiger charge is 2.45. The Morgan fingerprint density at radius 1 is 1.33 bits per heavy atom. The molecule has 0 saturated heterocycles. The van der Waals surface area contributed by atoms with Crippen molar-refractivity contribution >= 4 is 23.2 Å². The van der Waals surface area contributed by atoms with E-state index in [9.17, 15) is 18.0 Å². The molecule has 0 saturated carbocycles. The van der Waals surface area contributed by atoms with E-state index < -0.39 is 17.5 Å². The molecular formula is C14H17ClF3NO2. The molecule has 1 aromatic rings. The first kappa shape index (κ1) is 17.8. The van der Waals surface area contributed by atoms with E-state index in [0.717, 1.165) is 4.90 Å². The van der Waals surface area contributed by atoms with Crippen molar-refractivity contribution in [2.45, 2.75) is 38.4 Å². The van der Waals surface area contributed by atoms with Crippen LogP contribution in [0.5, 0.6) is 0 Å². The number of carbonyl (C=O) groups excluding carboxylic acids is 1. The fourth-order valence-corrected chi connectivity index (χ4v) is 1.74. The topological polar surface area (TPSA) is 29.5 Å². The molecule has 7 heteroatoms. The number of halogens is 4. The molecule has 1 atom stereocenters. The molecule has 0 aliphatic heterocycles. The number of benzene rings is 1. The lowest BCUT2D eigenvalue weighted by Crippen LogP contribution is -2.45. The zero-order valence-electron chi connectivity index (χ0n) is 11.9. The molecule has 0 aliphatic rings. The second-order valence-corrected chi connectivity index (χ2v) is 5.24. The van der Waals surface area contributed by atoms with E-state index in [4.69, 9.17) is 16.3 Å². The summed E-state index contributed by atoms with van der Waals surface area (Å²) in [5.74, 6) is -1.25. The third-order valence-corrected chi connectivity index (χ3v) is 3.15. The van der Waals surface area contributed by atoms with Crippen molar-refractivity contribution in [2.24, 2.45) is 0 Å². The fourth-order valence-electron chi connectivity index (χ4n) is 1.62. The molecule has 0 aliphatic carbocycles. The number of aryl methyl sites for hydroxylation is 1. The quantitative estimate of drug-likeness (QED) is 0.608. The van der Waals surface area contributed by atoms with Crippen molar-refractivity contribution in [2.75, 3.05) is 11.6 Å². The van der Waals surface area contributed by atoms with Gasteiger partial charge in [-0.15, -0.1) is 11.6 Å². The first-order valence-corrected chi connectivity index (χ1v) is 6.77. The number of alkyl halides is 4. The smallest absolute Gasteiger partial charge is 0.358 e. The second kappa shape index (κ2) is 7.13. The summed E-state index contributed by atoms with van der Waals surface area (Å²) in [6.07, 6.45) is -5.04. The van der Waals surface area contributed by atoms with Gasteiger partial charge in [-0.2, -0.15) is 13.2 Å². The number of nitrogens with zero attached hydrogens (tertiary/aromatic N) is 1. The molecule has 0 heterocycles. The number of hydrogen-bond acceptors (Lipinski definition) is 2. The first-order chi connectivity index (χ1) is 9.64. The molecule has 1 aromatic carbocycles. The summed E-state index contributed by atoms with van der Waals surface area (Å²) < 4.78 is 43.2. The number of rotatable bonds is 5. The summed E-state index contributed by atoms with van der Waals surface area (Å²) >= 11 is 5.25. The summed E-state index contributed by atoms with van der Waals surface area (Å²) in [4.78, 5) is 13.0. The SMILES string of the molecule is Cc1ccccc1N(COC(C)C)C(=O)C(Cl)C(F)(F)F. The molecule has 1 unspecified atom stereocenters. The van der Waals surface area contributed by atoms with Crippen LogP contribution >= 0.6 is 11.6 Å². The van der Waals surface area contributed by atoms with Gasteiger partial charge in [0.15, 0.2) is 0 Å². The highest BCUT2D eigenvalue weighted by atomic mass is 35.5. The minimum Gasteiger partial charge on any atom is -0.358 e. The number of amides is 1. The molecule has 0 radical (unpaired) electrons. The van der Waals surface area contributed by atoms with Gasteiger partial charge in [-0.25, -0.2) is 0 Å². The molecule has 1 amide bonds. The Morgan fingerprint density at radius 2 is 1.90 bits per heavy atom. The number of ether oxygens (including phenoxy) is 1. The zero-order valence-corrected chi connectivity index (χ0v) is 12.7. The molecule has 21 heavy (non-hydrogen) atoms. The van der Waals surface area contributed by atoms with E-state index >= 15 is 0 Å². The maximum Gasteiger partial charge on any atom is 0.413 e. The van der Waals surface area contributed by atoms with Gasteiger partial charge in [-0.1, -0.05) is 18.2 Å². The van der Waals surface area contributed by atoms with Gasteiger partial charge in [-0.3, -0.25) is 9.69 Å². The summed E-state index contributed by atoms with van der Waals surface area (Å²) in [7, 11) is 0. The number of carbonyl (C=O) groups is 1. The van der Waals surface area contributed by atoms with E-state index in [1.54, 1.807) is 45.0 Å².